The molecule has 0 spiro atoms. The maximum absolute atomic E-state index is 13.1. The van der Waals surface area contributed by atoms with Gasteiger partial charge in [-0.05, 0) is 37.5 Å². The summed E-state index contributed by atoms with van der Waals surface area (Å²) in [6.07, 6.45) is 7.47. The predicted molar refractivity (Wildman–Crippen MR) is 109 cm³/mol. The van der Waals surface area contributed by atoms with E-state index in [2.05, 4.69) is 14.9 Å². The molecule has 0 aromatic carbocycles. The summed E-state index contributed by atoms with van der Waals surface area (Å²) in [6.45, 7) is 3.06. The van der Waals surface area contributed by atoms with E-state index >= 15 is 0 Å². The van der Waals surface area contributed by atoms with E-state index < -0.39 is 21.9 Å². The third-order valence-electron chi connectivity index (χ3n) is 7.51. The molecule has 2 aliphatic carbocycles. The second kappa shape index (κ2) is 9.18. The lowest BCUT2D eigenvalue weighted by Crippen LogP contribution is -2.63. The Kier molecular flexibility index (Phi) is 6.80. The number of carboxylic acids is 1. The second-order valence-electron chi connectivity index (χ2n) is 9.28. The van der Waals surface area contributed by atoms with Gasteiger partial charge in [-0.1, -0.05) is 25.7 Å². The summed E-state index contributed by atoms with van der Waals surface area (Å²) in [4.78, 5) is 14.0. The number of fused-ring (bicyclic) bond motifs is 1. The molecule has 8 nitrogen and oxygen atoms in total. The number of hydrogen-bond acceptors (Lipinski definition) is 6. The molecule has 3 N–H and O–H groups in total. The van der Waals surface area contributed by atoms with Crippen LogP contribution in [0, 0.1) is 17.8 Å². The Morgan fingerprint density at radius 3 is 2.48 bits per heavy atom. The van der Waals surface area contributed by atoms with Crippen LogP contribution in [0.1, 0.15) is 51.4 Å². The quantitative estimate of drug-likeness (QED) is 0.598. The van der Waals surface area contributed by atoms with Crippen molar-refractivity contribution in [2.45, 2.75) is 68.8 Å². The lowest BCUT2D eigenvalue weighted by molar-refractivity contribution is -0.147. The van der Waals surface area contributed by atoms with Gasteiger partial charge >= 0.3 is 5.97 Å². The second-order valence-corrected chi connectivity index (χ2v) is 11.3. The van der Waals surface area contributed by atoms with Gasteiger partial charge in [0.05, 0.1) is 30.5 Å². The summed E-state index contributed by atoms with van der Waals surface area (Å²) in [6, 6.07) is -0.373. The van der Waals surface area contributed by atoms with Crippen LogP contribution in [0.3, 0.4) is 0 Å². The molecule has 4 aliphatic rings. The average molecular weight is 430 g/mol. The molecule has 2 heterocycles. The van der Waals surface area contributed by atoms with E-state index in [1.165, 1.54) is 19.3 Å². The van der Waals surface area contributed by atoms with Crippen LogP contribution in [0.5, 0.6) is 0 Å². The zero-order valence-electron chi connectivity index (χ0n) is 17.1. The summed E-state index contributed by atoms with van der Waals surface area (Å²) < 4.78 is 34.4. The molecule has 0 aromatic heterocycles. The van der Waals surface area contributed by atoms with E-state index in [0.29, 0.717) is 51.1 Å². The molecule has 0 aromatic rings. The number of hydrogen-bond donors (Lipinski definition) is 3. The first kappa shape index (κ1) is 21.5. The lowest BCUT2D eigenvalue weighted by atomic mass is 9.71. The summed E-state index contributed by atoms with van der Waals surface area (Å²) in [5, 5.41) is 12.7. The van der Waals surface area contributed by atoms with Crippen molar-refractivity contribution < 1.29 is 23.1 Å². The Balaban J connectivity index is 1.37. The third-order valence-corrected chi connectivity index (χ3v) is 9.48. The first-order chi connectivity index (χ1) is 13.9. The molecule has 0 amide bonds. The minimum absolute atomic E-state index is 0.269. The molecular formula is C20H35N3O5S. The molecular weight excluding hydrogens is 394 g/mol. The third kappa shape index (κ3) is 4.95. The van der Waals surface area contributed by atoms with Crippen LogP contribution < -0.4 is 10.0 Å². The normalized spacial score (nSPS) is 39.6. The van der Waals surface area contributed by atoms with Gasteiger partial charge in [-0.3, -0.25) is 15.0 Å². The van der Waals surface area contributed by atoms with Crippen molar-refractivity contribution in [1.82, 2.24) is 14.9 Å². The van der Waals surface area contributed by atoms with Crippen LogP contribution in [-0.2, 0) is 19.6 Å². The van der Waals surface area contributed by atoms with Gasteiger partial charge in [0.25, 0.3) is 0 Å². The maximum Gasteiger partial charge on any atom is 0.309 e. The van der Waals surface area contributed by atoms with Gasteiger partial charge in [0.15, 0.2) is 0 Å². The van der Waals surface area contributed by atoms with Gasteiger partial charge < -0.3 is 9.84 Å². The highest BCUT2D eigenvalue weighted by atomic mass is 32.2. The van der Waals surface area contributed by atoms with Crippen LogP contribution >= 0.6 is 0 Å². The Bertz CT molecular complexity index is 682. The number of carboxylic acid groups (broad SMARTS) is 1. The number of nitrogens with one attached hydrogen (secondary N) is 2. The molecule has 4 fully saturated rings. The Morgan fingerprint density at radius 1 is 1.03 bits per heavy atom. The Hall–Kier alpha value is -0.740. The fourth-order valence-electron chi connectivity index (χ4n) is 5.93. The zero-order valence-corrected chi connectivity index (χ0v) is 17.9. The molecule has 166 valence electrons. The van der Waals surface area contributed by atoms with Gasteiger partial charge in [0.2, 0.25) is 10.0 Å². The van der Waals surface area contributed by atoms with Gasteiger partial charge in [-0.25, -0.2) is 13.1 Å². The smallest absolute Gasteiger partial charge is 0.309 e. The first-order valence-electron chi connectivity index (χ1n) is 11.2. The highest BCUT2D eigenvalue weighted by Gasteiger charge is 2.42. The topological polar surface area (TPSA) is 108 Å². The van der Waals surface area contributed by atoms with Crippen molar-refractivity contribution in [3.05, 3.63) is 0 Å². The van der Waals surface area contributed by atoms with E-state index in [1.807, 2.05) is 0 Å². The SMILES string of the molecule is O=C(O)C1CC(NS(=O)(=O)C2CCC3CCCCC3C2)CNC1N1CCOCC1. The molecule has 4 rings (SSSR count). The van der Waals surface area contributed by atoms with E-state index in [0.717, 1.165) is 25.7 Å². The molecule has 2 saturated heterocycles. The van der Waals surface area contributed by atoms with Gasteiger partial charge in [-0.2, -0.15) is 0 Å². The predicted octanol–water partition coefficient (Wildman–Crippen LogP) is 0.986. The number of aliphatic carboxylic acids is 1. The molecule has 2 aliphatic heterocycles. The van der Waals surface area contributed by atoms with Crippen LogP contribution in [0.15, 0.2) is 0 Å². The molecule has 0 bridgehead atoms. The lowest BCUT2D eigenvalue weighted by Gasteiger charge is -2.43. The Morgan fingerprint density at radius 2 is 1.76 bits per heavy atom. The van der Waals surface area contributed by atoms with E-state index in [-0.39, 0.29) is 17.5 Å². The fourth-order valence-corrected chi connectivity index (χ4v) is 7.71. The number of nitrogens with zero attached hydrogens (tertiary/aromatic N) is 1. The molecule has 6 unspecified atom stereocenters. The van der Waals surface area contributed by atoms with Crippen molar-refractivity contribution in [3.63, 3.8) is 0 Å². The van der Waals surface area contributed by atoms with Crippen molar-refractivity contribution in [1.29, 1.82) is 0 Å². The van der Waals surface area contributed by atoms with Gasteiger partial charge in [-0.15, -0.1) is 0 Å². The van der Waals surface area contributed by atoms with Crippen molar-refractivity contribution in [2.24, 2.45) is 17.8 Å². The van der Waals surface area contributed by atoms with Crippen molar-refractivity contribution in [2.75, 3.05) is 32.8 Å². The average Bonchev–Trinajstić information content (AvgIpc) is 2.73. The van der Waals surface area contributed by atoms with Gasteiger partial charge in [0.1, 0.15) is 0 Å². The van der Waals surface area contributed by atoms with E-state index in [9.17, 15) is 18.3 Å². The van der Waals surface area contributed by atoms with Gasteiger partial charge in [0, 0.05) is 25.7 Å². The van der Waals surface area contributed by atoms with Crippen molar-refractivity contribution in [3.8, 4) is 0 Å². The number of rotatable bonds is 5. The molecule has 29 heavy (non-hydrogen) atoms. The van der Waals surface area contributed by atoms with Crippen LogP contribution in [0.2, 0.25) is 0 Å². The zero-order chi connectivity index (χ0) is 20.4. The van der Waals surface area contributed by atoms with E-state index in [4.69, 9.17) is 4.74 Å². The fraction of sp³-hybridized carbons (Fsp3) is 0.950. The van der Waals surface area contributed by atoms with Crippen LogP contribution in [0.25, 0.3) is 0 Å². The maximum atomic E-state index is 13.1. The molecule has 0 radical (unpaired) electrons. The monoisotopic (exact) mass is 429 g/mol. The largest absolute Gasteiger partial charge is 0.481 e. The van der Waals surface area contributed by atoms with Crippen molar-refractivity contribution >= 4 is 16.0 Å². The highest BCUT2D eigenvalue weighted by Crippen LogP contribution is 2.42. The van der Waals surface area contributed by atoms with Crippen LogP contribution in [-0.4, -0.2) is 74.7 Å². The Labute approximate surface area is 173 Å². The number of morpholine rings is 1. The summed E-state index contributed by atoms with van der Waals surface area (Å²) in [5.41, 5.74) is 0. The minimum Gasteiger partial charge on any atom is -0.481 e. The van der Waals surface area contributed by atoms with E-state index in [1.54, 1.807) is 0 Å². The summed E-state index contributed by atoms with van der Waals surface area (Å²) in [5.74, 6) is -0.262. The van der Waals surface area contributed by atoms with Crippen LogP contribution in [0.4, 0.5) is 0 Å². The first-order valence-corrected chi connectivity index (χ1v) is 12.8. The minimum atomic E-state index is -3.44. The number of sulfonamides is 1. The number of ether oxygens (including phenoxy) is 1. The summed E-state index contributed by atoms with van der Waals surface area (Å²) >= 11 is 0. The molecule has 6 atom stereocenters. The number of carbonyl (C=O) groups is 1. The number of piperidine rings is 1. The standard InChI is InChI=1S/C20H35N3O5S/c24-20(25)18-12-16(13-21-19(18)23-7-9-28-10-8-23)22-29(26,27)17-6-5-14-3-1-2-4-15(14)11-17/h14-19,21-22H,1-13H2,(H,24,25). The molecule has 9 heteroatoms. The highest BCUT2D eigenvalue weighted by molar-refractivity contribution is 7.90. The summed E-state index contributed by atoms with van der Waals surface area (Å²) in [7, 11) is -3.44. The molecule has 2 saturated carbocycles.